The van der Waals surface area contributed by atoms with Crippen molar-refractivity contribution in [2.24, 2.45) is 0 Å². The highest BCUT2D eigenvalue weighted by Crippen LogP contribution is 2.30. The van der Waals surface area contributed by atoms with Crippen LogP contribution in [0.15, 0.2) is 6.20 Å². The molecule has 2 rings (SSSR count). The summed E-state index contributed by atoms with van der Waals surface area (Å²) in [6.45, 7) is 7.94. The molecule has 1 aliphatic carbocycles. The first-order valence-corrected chi connectivity index (χ1v) is 9.37. The van der Waals surface area contributed by atoms with Crippen molar-refractivity contribution < 1.29 is 14.7 Å². The number of thiazole rings is 1. The van der Waals surface area contributed by atoms with Gasteiger partial charge in [-0.15, -0.1) is 11.3 Å². The molecule has 2 atom stereocenters. The quantitative estimate of drug-likeness (QED) is 0.753. The maximum atomic E-state index is 12.6. The van der Waals surface area contributed by atoms with Gasteiger partial charge in [-0.1, -0.05) is 20.8 Å². The maximum Gasteiger partial charge on any atom is 0.318 e. The molecule has 0 radical (unpaired) electrons. The Morgan fingerprint density at radius 1 is 1.42 bits per heavy atom. The molecule has 1 aromatic rings. The number of ketones is 1. The van der Waals surface area contributed by atoms with E-state index in [1.54, 1.807) is 23.2 Å². The number of carbonyl (C=O) groups is 2. The average Bonchev–Trinajstić information content (AvgIpc) is 3.26. The summed E-state index contributed by atoms with van der Waals surface area (Å²) in [6.07, 6.45) is 3.16. The van der Waals surface area contributed by atoms with Gasteiger partial charge in [-0.05, 0) is 19.8 Å². The zero-order valence-electron chi connectivity index (χ0n) is 14.8. The van der Waals surface area contributed by atoms with E-state index in [2.05, 4.69) is 24.1 Å². The summed E-state index contributed by atoms with van der Waals surface area (Å²) in [5, 5.41) is 13.6. The van der Waals surface area contributed by atoms with Crippen molar-refractivity contribution in [3.8, 4) is 0 Å². The van der Waals surface area contributed by atoms with Gasteiger partial charge < -0.3 is 15.3 Å². The molecule has 1 aromatic heterocycles. The molecule has 0 aromatic carbocycles. The lowest BCUT2D eigenvalue weighted by Gasteiger charge is -2.26. The van der Waals surface area contributed by atoms with Crippen molar-refractivity contribution in [3.05, 3.63) is 16.1 Å². The third-order valence-corrected chi connectivity index (χ3v) is 5.38. The molecular formula is C17H27N3O3S. The number of carbonyl (C=O) groups excluding carboxylic acids is 2. The summed E-state index contributed by atoms with van der Waals surface area (Å²) < 4.78 is 0. The Balaban J connectivity index is 2.06. The first kappa shape index (κ1) is 18.9. The molecule has 2 amide bonds. The minimum absolute atomic E-state index is 0.158. The Kier molecular flexibility index (Phi) is 6.34. The third-order valence-electron chi connectivity index (χ3n) is 4.10. The van der Waals surface area contributed by atoms with Crippen molar-refractivity contribution in [2.75, 3.05) is 0 Å². The fraction of sp³-hybridized carbons (Fsp3) is 0.706. The fourth-order valence-corrected chi connectivity index (χ4v) is 3.41. The van der Waals surface area contributed by atoms with Crippen LogP contribution in [0.25, 0.3) is 0 Å². The molecule has 1 aliphatic rings. The summed E-state index contributed by atoms with van der Waals surface area (Å²) in [4.78, 5) is 31.8. The summed E-state index contributed by atoms with van der Waals surface area (Å²) in [5.41, 5.74) is 0. The van der Waals surface area contributed by atoms with Crippen molar-refractivity contribution in [1.29, 1.82) is 0 Å². The van der Waals surface area contributed by atoms with Gasteiger partial charge in [-0.25, -0.2) is 9.78 Å². The number of aromatic nitrogens is 1. The molecule has 7 heteroatoms. The molecule has 6 nitrogen and oxygen atoms in total. The van der Waals surface area contributed by atoms with E-state index in [9.17, 15) is 14.7 Å². The number of rotatable bonds is 8. The minimum Gasteiger partial charge on any atom is -0.391 e. The summed E-state index contributed by atoms with van der Waals surface area (Å²) >= 11 is 1.62. The van der Waals surface area contributed by atoms with E-state index >= 15 is 0 Å². The number of nitrogens with one attached hydrogen (secondary N) is 1. The number of aliphatic hydroxyl groups is 1. The van der Waals surface area contributed by atoms with E-state index in [-0.39, 0.29) is 24.3 Å². The lowest BCUT2D eigenvalue weighted by Crippen LogP contribution is -2.52. The summed E-state index contributed by atoms with van der Waals surface area (Å²) in [5.74, 6) is 0.211. The van der Waals surface area contributed by atoms with E-state index in [4.69, 9.17) is 0 Å². The highest BCUT2D eigenvalue weighted by Gasteiger charge is 2.35. The molecule has 2 N–H and O–H groups in total. The number of Topliss-reactive ketones (excluding diaryl/α,β-unsaturated/α-hetero) is 1. The van der Waals surface area contributed by atoms with Gasteiger partial charge in [0, 0.05) is 29.5 Å². The second-order valence-corrected chi connectivity index (χ2v) is 7.81. The van der Waals surface area contributed by atoms with Crippen LogP contribution in [0.4, 0.5) is 4.79 Å². The van der Waals surface area contributed by atoms with Gasteiger partial charge in [-0.2, -0.15) is 0 Å². The average molecular weight is 353 g/mol. The first-order chi connectivity index (χ1) is 11.3. The van der Waals surface area contributed by atoms with E-state index in [1.807, 2.05) is 6.20 Å². The Morgan fingerprint density at radius 2 is 2.08 bits per heavy atom. The number of hydrogen-bond acceptors (Lipinski definition) is 5. The number of nitrogens with zero attached hydrogens (tertiary/aromatic N) is 2. The zero-order valence-corrected chi connectivity index (χ0v) is 15.6. The number of hydrogen-bond donors (Lipinski definition) is 2. The van der Waals surface area contributed by atoms with Gasteiger partial charge in [0.1, 0.15) is 6.04 Å². The van der Waals surface area contributed by atoms with Crippen molar-refractivity contribution >= 4 is 23.2 Å². The van der Waals surface area contributed by atoms with Crippen LogP contribution >= 0.6 is 11.3 Å². The van der Waals surface area contributed by atoms with Crippen LogP contribution in [0.5, 0.6) is 0 Å². The molecule has 0 aliphatic heterocycles. The van der Waals surface area contributed by atoms with Crippen molar-refractivity contribution in [2.45, 2.75) is 77.6 Å². The lowest BCUT2D eigenvalue weighted by atomic mass is 10.1. The molecule has 1 saturated carbocycles. The predicted molar refractivity (Wildman–Crippen MR) is 94.1 cm³/mol. The molecule has 0 spiro atoms. The molecule has 2 unspecified atom stereocenters. The van der Waals surface area contributed by atoms with Gasteiger partial charge in [-0.3, -0.25) is 4.79 Å². The monoisotopic (exact) mass is 353 g/mol. The van der Waals surface area contributed by atoms with Crippen LogP contribution in [0.3, 0.4) is 0 Å². The van der Waals surface area contributed by atoms with Crippen LogP contribution in [-0.2, 0) is 11.3 Å². The Hall–Kier alpha value is -1.47. The Labute approximate surface area is 147 Å². The number of aliphatic hydroxyl groups excluding tert-OH is 1. The van der Waals surface area contributed by atoms with Gasteiger partial charge in [0.25, 0.3) is 0 Å². The topological polar surface area (TPSA) is 82.5 Å². The first-order valence-electron chi connectivity index (χ1n) is 8.56. The van der Waals surface area contributed by atoms with E-state index < -0.39 is 12.1 Å². The lowest BCUT2D eigenvalue weighted by molar-refractivity contribution is -0.122. The molecule has 1 heterocycles. The SMILES string of the molecule is CCC(=O)C(NC(=O)N(Cc1cnc(C(C)C)s1)C1CC1)C(C)O. The van der Waals surface area contributed by atoms with Crippen molar-refractivity contribution in [1.82, 2.24) is 15.2 Å². The maximum absolute atomic E-state index is 12.6. The van der Waals surface area contributed by atoms with Crippen LogP contribution < -0.4 is 5.32 Å². The van der Waals surface area contributed by atoms with Gasteiger partial charge in [0.2, 0.25) is 0 Å². The fourth-order valence-electron chi connectivity index (χ4n) is 2.49. The van der Waals surface area contributed by atoms with E-state index in [1.165, 1.54) is 6.92 Å². The highest BCUT2D eigenvalue weighted by atomic mass is 32.1. The second-order valence-electron chi connectivity index (χ2n) is 6.67. The molecule has 24 heavy (non-hydrogen) atoms. The standard InChI is InChI=1S/C17H27N3O3S/c1-5-14(22)15(11(4)21)19-17(23)20(12-6-7-12)9-13-8-18-16(24-13)10(2)3/h8,10-12,15,21H,5-7,9H2,1-4H3,(H,19,23). The number of amides is 2. The van der Waals surface area contributed by atoms with Gasteiger partial charge in [0.15, 0.2) is 5.78 Å². The molecule has 1 fully saturated rings. The smallest absolute Gasteiger partial charge is 0.318 e. The van der Waals surface area contributed by atoms with Crippen LogP contribution in [0.1, 0.15) is 62.8 Å². The summed E-state index contributed by atoms with van der Waals surface area (Å²) in [7, 11) is 0. The van der Waals surface area contributed by atoms with Crippen LogP contribution in [0, 0.1) is 0 Å². The normalized spacial score (nSPS) is 16.8. The van der Waals surface area contributed by atoms with Gasteiger partial charge in [0.05, 0.1) is 17.7 Å². The minimum atomic E-state index is -0.904. The molecule has 0 saturated heterocycles. The Bertz CT molecular complexity index is 581. The predicted octanol–water partition coefficient (Wildman–Crippen LogP) is 2.67. The molecule has 134 valence electrons. The highest BCUT2D eigenvalue weighted by molar-refractivity contribution is 7.11. The summed E-state index contributed by atoms with van der Waals surface area (Å²) in [6, 6.07) is -0.929. The van der Waals surface area contributed by atoms with Crippen LogP contribution in [0.2, 0.25) is 0 Å². The van der Waals surface area contributed by atoms with E-state index in [0.29, 0.717) is 12.5 Å². The third kappa shape index (κ3) is 4.77. The van der Waals surface area contributed by atoms with Crippen LogP contribution in [-0.4, -0.2) is 45.0 Å². The second kappa shape index (κ2) is 8.07. The molecular weight excluding hydrogens is 326 g/mol. The largest absolute Gasteiger partial charge is 0.391 e. The van der Waals surface area contributed by atoms with Gasteiger partial charge >= 0.3 is 6.03 Å². The van der Waals surface area contributed by atoms with Crippen molar-refractivity contribution in [3.63, 3.8) is 0 Å². The zero-order chi connectivity index (χ0) is 17.9. The molecule has 0 bridgehead atoms. The number of urea groups is 1. The Morgan fingerprint density at radius 3 is 2.54 bits per heavy atom. The van der Waals surface area contributed by atoms with E-state index in [0.717, 1.165) is 22.7 Å².